The Kier molecular flexibility index (Phi) is 3.98. The third-order valence-electron chi connectivity index (χ3n) is 2.31. The highest BCUT2D eigenvalue weighted by atomic mass is 127. The lowest BCUT2D eigenvalue weighted by Crippen LogP contribution is -2.17. The summed E-state index contributed by atoms with van der Waals surface area (Å²) in [6.07, 6.45) is -4.76. The zero-order chi connectivity index (χ0) is 14.0. The second-order valence-corrected chi connectivity index (χ2v) is 4.95. The molecule has 0 atom stereocenters. The molecule has 0 aliphatic rings. The Morgan fingerprint density at radius 3 is 2.42 bits per heavy atom. The van der Waals surface area contributed by atoms with E-state index in [0.29, 0.717) is 5.56 Å². The number of hydrogen-bond donors (Lipinski definition) is 0. The van der Waals surface area contributed by atoms with Gasteiger partial charge in [0.2, 0.25) is 0 Å². The molecule has 2 aromatic carbocycles. The minimum absolute atomic E-state index is 0.236. The average Bonchev–Trinajstić information content (AvgIpc) is 2.30. The molecular formula is C13H7F4IO. The van der Waals surface area contributed by atoms with Gasteiger partial charge in [0.25, 0.3) is 0 Å². The first-order chi connectivity index (χ1) is 8.85. The van der Waals surface area contributed by atoms with Crippen LogP contribution in [0, 0.1) is 9.39 Å². The fraction of sp³-hybridized carbons (Fsp3) is 0.0769. The standard InChI is InChI=1S/C13H7F4IO/c14-12-5-4-9(18)7-11(12)8-2-1-3-10(6-8)19-13(15,16)17/h1-7H. The van der Waals surface area contributed by atoms with Crippen molar-refractivity contribution in [2.24, 2.45) is 0 Å². The molecule has 0 radical (unpaired) electrons. The van der Waals surface area contributed by atoms with Crippen LogP contribution in [0.25, 0.3) is 11.1 Å². The van der Waals surface area contributed by atoms with Crippen LogP contribution >= 0.6 is 22.6 Å². The van der Waals surface area contributed by atoms with E-state index in [1.54, 1.807) is 12.1 Å². The molecule has 0 aromatic heterocycles. The first kappa shape index (κ1) is 14.1. The minimum Gasteiger partial charge on any atom is -0.406 e. The van der Waals surface area contributed by atoms with Gasteiger partial charge in [-0.05, 0) is 58.5 Å². The summed E-state index contributed by atoms with van der Waals surface area (Å²) in [4.78, 5) is 0. The molecule has 100 valence electrons. The van der Waals surface area contributed by atoms with E-state index in [1.165, 1.54) is 24.3 Å². The van der Waals surface area contributed by atoms with Gasteiger partial charge in [-0.1, -0.05) is 12.1 Å². The highest BCUT2D eigenvalue weighted by Crippen LogP contribution is 2.30. The Balaban J connectivity index is 2.40. The molecule has 0 amide bonds. The quantitative estimate of drug-likeness (QED) is 0.525. The fourth-order valence-corrected chi connectivity index (χ4v) is 2.07. The predicted octanol–water partition coefficient (Wildman–Crippen LogP) is 5.00. The van der Waals surface area contributed by atoms with Gasteiger partial charge in [0, 0.05) is 9.13 Å². The summed E-state index contributed by atoms with van der Waals surface area (Å²) in [6.45, 7) is 0. The van der Waals surface area contributed by atoms with Crippen LogP contribution in [0.5, 0.6) is 5.75 Å². The van der Waals surface area contributed by atoms with Crippen molar-refractivity contribution >= 4 is 22.6 Å². The molecule has 0 saturated heterocycles. The first-order valence-corrected chi connectivity index (χ1v) is 6.24. The van der Waals surface area contributed by atoms with Crippen LogP contribution < -0.4 is 4.74 Å². The Bertz CT molecular complexity index is 595. The molecule has 0 fully saturated rings. The Labute approximate surface area is 120 Å². The SMILES string of the molecule is Fc1ccc(I)cc1-c1cccc(OC(F)(F)F)c1. The van der Waals surface area contributed by atoms with Gasteiger partial charge in [-0.2, -0.15) is 0 Å². The molecule has 0 saturated carbocycles. The smallest absolute Gasteiger partial charge is 0.406 e. The predicted molar refractivity (Wildman–Crippen MR) is 71.2 cm³/mol. The maximum atomic E-state index is 13.7. The van der Waals surface area contributed by atoms with Crippen LogP contribution in [0.1, 0.15) is 0 Å². The highest BCUT2D eigenvalue weighted by Gasteiger charge is 2.31. The molecule has 2 rings (SSSR count). The van der Waals surface area contributed by atoms with Crippen molar-refractivity contribution in [3.05, 3.63) is 51.9 Å². The average molecular weight is 382 g/mol. The van der Waals surface area contributed by atoms with E-state index >= 15 is 0 Å². The number of ether oxygens (including phenoxy) is 1. The van der Waals surface area contributed by atoms with Gasteiger partial charge in [-0.3, -0.25) is 0 Å². The summed E-state index contributed by atoms with van der Waals surface area (Å²) in [6, 6.07) is 9.64. The number of hydrogen-bond acceptors (Lipinski definition) is 1. The largest absolute Gasteiger partial charge is 0.573 e. The van der Waals surface area contributed by atoms with E-state index in [0.717, 1.165) is 9.64 Å². The normalized spacial score (nSPS) is 11.4. The van der Waals surface area contributed by atoms with Crippen LogP contribution in [0.4, 0.5) is 17.6 Å². The summed E-state index contributed by atoms with van der Waals surface area (Å²) in [5, 5.41) is 0. The van der Waals surface area contributed by atoms with Crippen LogP contribution in [0.15, 0.2) is 42.5 Å². The Hall–Kier alpha value is -1.31. The van der Waals surface area contributed by atoms with Crippen LogP contribution in [0.2, 0.25) is 0 Å². The van der Waals surface area contributed by atoms with Gasteiger partial charge in [0.15, 0.2) is 0 Å². The Morgan fingerprint density at radius 1 is 1.00 bits per heavy atom. The third-order valence-corrected chi connectivity index (χ3v) is 2.98. The molecular weight excluding hydrogens is 375 g/mol. The fourth-order valence-electron chi connectivity index (χ4n) is 1.58. The number of halogens is 5. The first-order valence-electron chi connectivity index (χ1n) is 5.16. The number of benzene rings is 2. The summed E-state index contributed by atoms with van der Waals surface area (Å²) in [5.74, 6) is -0.868. The summed E-state index contributed by atoms with van der Waals surface area (Å²) in [5.41, 5.74) is 0.567. The van der Waals surface area contributed by atoms with Crippen molar-refractivity contribution in [1.29, 1.82) is 0 Å². The van der Waals surface area contributed by atoms with E-state index in [2.05, 4.69) is 4.74 Å². The molecule has 0 unspecified atom stereocenters. The maximum absolute atomic E-state index is 13.7. The van der Waals surface area contributed by atoms with E-state index < -0.39 is 12.2 Å². The lowest BCUT2D eigenvalue weighted by atomic mass is 10.1. The summed E-state index contributed by atoms with van der Waals surface area (Å²) in [7, 11) is 0. The molecule has 0 N–H and O–H groups in total. The van der Waals surface area contributed by atoms with Gasteiger partial charge >= 0.3 is 6.36 Å². The molecule has 19 heavy (non-hydrogen) atoms. The second kappa shape index (κ2) is 5.36. The molecule has 0 bridgehead atoms. The van der Waals surface area contributed by atoms with Crippen molar-refractivity contribution in [2.45, 2.75) is 6.36 Å². The van der Waals surface area contributed by atoms with E-state index in [1.807, 2.05) is 22.6 Å². The van der Waals surface area contributed by atoms with Gasteiger partial charge in [-0.25, -0.2) is 4.39 Å². The third kappa shape index (κ3) is 3.82. The zero-order valence-corrected chi connectivity index (χ0v) is 11.5. The lowest BCUT2D eigenvalue weighted by Gasteiger charge is -2.10. The van der Waals surface area contributed by atoms with Crippen molar-refractivity contribution in [2.75, 3.05) is 0 Å². The van der Waals surface area contributed by atoms with E-state index in [-0.39, 0.29) is 11.3 Å². The monoisotopic (exact) mass is 382 g/mol. The van der Waals surface area contributed by atoms with Crippen LogP contribution in [0.3, 0.4) is 0 Å². The van der Waals surface area contributed by atoms with Crippen molar-refractivity contribution in [1.82, 2.24) is 0 Å². The topological polar surface area (TPSA) is 9.23 Å². The van der Waals surface area contributed by atoms with Gasteiger partial charge < -0.3 is 4.74 Å². The summed E-state index contributed by atoms with van der Waals surface area (Å²) >= 11 is 2.00. The van der Waals surface area contributed by atoms with Gasteiger partial charge in [0.05, 0.1) is 0 Å². The number of rotatable bonds is 2. The molecule has 0 heterocycles. The minimum atomic E-state index is -4.76. The number of alkyl halides is 3. The van der Waals surface area contributed by atoms with E-state index in [9.17, 15) is 17.6 Å². The van der Waals surface area contributed by atoms with E-state index in [4.69, 9.17) is 0 Å². The van der Waals surface area contributed by atoms with Crippen molar-refractivity contribution in [3.8, 4) is 16.9 Å². The second-order valence-electron chi connectivity index (χ2n) is 3.70. The molecule has 0 aliphatic carbocycles. The maximum Gasteiger partial charge on any atom is 0.573 e. The van der Waals surface area contributed by atoms with Crippen LogP contribution in [-0.4, -0.2) is 6.36 Å². The van der Waals surface area contributed by atoms with Crippen molar-refractivity contribution < 1.29 is 22.3 Å². The summed E-state index contributed by atoms with van der Waals surface area (Å²) < 4.78 is 54.6. The molecule has 1 nitrogen and oxygen atoms in total. The molecule has 6 heteroatoms. The lowest BCUT2D eigenvalue weighted by molar-refractivity contribution is -0.274. The van der Waals surface area contributed by atoms with Gasteiger partial charge in [0.1, 0.15) is 11.6 Å². The Morgan fingerprint density at radius 2 is 1.74 bits per heavy atom. The van der Waals surface area contributed by atoms with Gasteiger partial charge in [-0.15, -0.1) is 13.2 Å². The highest BCUT2D eigenvalue weighted by molar-refractivity contribution is 14.1. The van der Waals surface area contributed by atoms with Crippen LogP contribution in [-0.2, 0) is 0 Å². The molecule has 0 aliphatic heterocycles. The molecule has 2 aromatic rings. The molecule has 0 spiro atoms. The zero-order valence-electron chi connectivity index (χ0n) is 9.34. The van der Waals surface area contributed by atoms with Crippen molar-refractivity contribution in [3.63, 3.8) is 0 Å².